The van der Waals surface area contributed by atoms with Crippen molar-refractivity contribution in [1.82, 2.24) is 4.90 Å². The minimum Gasteiger partial charge on any atom is -0.308 e. The Morgan fingerprint density at radius 2 is 1.77 bits per heavy atom. The van der Waals surface area contributed by atoms with Crippen molar-refractivity contribution in [1.29, 1.82) is 0 Å². The smallest absolute Gasteiger partial charge is 0.308 e. The quantitative estimate of drug-likeness (QED) is 0.847. The van der Waals surface area contributed by atoms with Gasteiger partial charge < -0.3 is 10.2 Å². The van der Waals surface area contributed by atoms with Gasteiger partial charge in [-0.15, -0.1) is 4.36 Å². The topological polar surface area (TPSA) is 87.8 Å². The Morgan fingerprint density at radius 1 is 1.19 bits per heavy atom. The maximum absolute atomic E-state index is 13.0. The minimum absolute atomic E-state index is 0.547. The molecule has 4 rings (SSSR count). The highest BCUT2D eigenvalue weighted by atomic mass is 32.2. The second-order valence-corrected chi connectivity index (χ2v) is 10.4. The van der Waals surface area contributed by atoms with E-state index >= 15 is 0 Å². The van der Waals surface area contributed by atoms with Gasteiger partial charge in [0, 0.05) is 12.2 Å². The van der Waals surface area contributed by atoms with Crippen LogP contribution in [-0.2, 0) is 35.6 Å². The Bertz CT molecular complexity index is 848. The van der Waals surface area contributed by atoms with Gasteiger partial charge in [0.25, 0.3) is 0 Å². The van der Waals surface area contributed by atoms with Gasteiger partial charge in [-0.3, -0.25) is 0 Å². The molecule has 1 aromatic carbocycles. The number of aryl methyl sites for hydroxylation is 2. The molecule has 1 aromatic rings. The SMILES string of the molecule is CN(C)CC1(S(N)(=O)=NC(=O)Nc2c3c(cc4c2CCC4)CCC3)CC1. The summed E-state index contributed by atoms with van der Waals surface area (Å²) in [5.74, 6) is 0. The lowest BCUT2D eigenvalue weighted by atomic mass is 9.99. The largest absolute Gasteiger partial charge is 0.354 e. The number of nitrogens with one attached hydrogen (secondary N) is 1. The number of urea groups is 1. The number of carbonyl (C=O) groups is 1. The van der Waals surface area contributed by atoms with Crippen molar-refractivity contribution in [3.63, 3.8) is 0 Å². The predicted molar refractivity (Wildman–Crippen MR) is 105 cm³/mol. The Balaban J connectivity index is 1.63. The first kappa shape index (κ1) is 17.9. The average Bonchev–Trinajstić information content (AvgIpc) is 2.98. The fraction of sp³-hybridized carbons (Fsp3) is 0.632. The molecule has 1 unspecified atom stereocenters. The normalized spacial score (nSPS) is 21.8. The van der Waals surface area contributed by atoms with Gasteiger partial charge in [-0.2, -0.15) is 0 Å². The molecule has 0 spiro atoms. The molecule has 0 aromatic heterocycles. The Hall–Kier alpha value is -1.44. The summed E-state index contributed by atoms with van der Waals surface area (Å²) in [4.78, 5) is 14.6. The Kier molecular flexibility index (Phi) is 4.36. The molecule has 3 N–H and O–H groups in total. The van der Waals surface area contributed by atoms with E-state index in [-0.39, 0.29) is 0 Å². The molecule has 2 amide bonds. The van der Waals surface area contributed by atoms with Gasteiger partial charge in [-0.25, -0.2) is 14.1 Å². The molecule has 3 aliphatic rings. The molecule has 0 bridgehead atoms. The van der Waals surface area contributed by atoms with E-state index in [2.05, 4.69) is 15.7 Å². The average molecular weight is 377 g/mol. The van der Waals surface area contributed by atoms with E-state index in [4.69, 9.17) is 5.14 Å². The molecule has 1 fully saturated rings. The van der Waals surface area contributed by atoms with Gasteiger partial charge in [0.05, 0.1) is 4.75 Å². The van der Waals surface area contributed by atoms with Crippen molar-refractivity contribution in [2.75, 3.05) is 26.0 Å². The van der Waals surface area contributed by atoms with Crippen LogP contribution in [0, 0.1) is 0 Å². The summed E-state index contributed by atoms with van der Waals surface area (Å²) in [6.45, 7) is 0.593. The van der Waals surface area contributed by atoms with Gasteiger partial charge in [0.2, 0.25) is 0 Å². The maximum Gasteiger partial charge on any atom is 0.354 e. The first-order chi connectivity index (χ1) is 12.3. The molecule has 6 nitrogen and oxygen atoms in total. The highest BCUT2D eigenvalue weighted by Gasteiger charge is 2.51. The first-order valence-electron chi connectivity index (χ1n) is 9.48. The zero-order valence-electron chi connectivity index (χ0n) is 15.6. The standard InChI is InChI=1S/C19H28N4O2S/c1-23(2)12-19(9-10-19)26(20,25)22-18(24)21-17-15-7-3-5-13(15)11-14-6-4-8-16(14)17/h11H,3-10,12H2,1-2H3,(H3,20,21,22,24,25). The number of hydrogen-bond donors (Lipinski definition) is 2. The second kappa shape index (κ2) is 6.32. The monoisotopic (exact) mass is 376 g/mol. The number of amides is 2. The van der Waals surface area contributed by atoms with Crippen LogP contribution in [0.2, 0.25) is 0 Å². The van der Waals surface area contributed by atoms with Crippen LogP contribution in [0.5, 0.6) is 0 Å². The van der Waals surface area contributed by atoms with Crippen LogP contribution >= 0.6 is 0 Å². The van der Waals surface area contributed by atoms with Crippen LogP contribution in [0.3, 0.4) is 0 Å². The van der Waals surface area contributed by atoms with Crippen LogP contribution in [0.4, 0.5) is 10.5 Å². The third-order valence-corrected chi connectivity index (χ3v) is 8.17. The van der Waals surface area contributed by atoms with E-state index in [1.165, 1.54) is 22.3 Å². The molecule has 1 saturated carbocycles. The Morgan fingerprint density at radius 3 is 2.27 bits per heavy atom. The molecular formula is C19H28N4O2S. The highest BCUT2D eigenvalue weighted by molar-refractivity contribution is 7.93. The molecule has 7 heteroatoms. The van der Waals surface area contributed by atoms with Gasteiger partial charge in [0.1, 0.15) is 9.92 Å². The molecule has 0 saturated heterocycles. The van der Waals surface area contributed by atoms with Crippen molar-refractivity contribution >= 4 is 21.6 Å². The number of hydrogen-bond acceptors (Lipinski definition) is 3. The number of anilines is 1. The van der Waals surface area contributed by atoms with Crippen molar-refractivity contribution in [2.45, 2.75) is 56.1 Å². The zero-order chi connectivity index (χ0) is 18.5. The number of nitrogens with zero attached hydrogens (tertiary/aromatic N) is 2. The molecule has 0 heterocycles. The lowest BCUT2D eigenvalue weighted by molar-refractivity contribution is 0.260. The van der Waals surface area contributed by atoms with Gasteiger partial charge in [-0.1, -0.05) is 6.07 Å². The number of carbonyl (C=O) groups excluding carboxylic acids is 1. The lowest BCUT2D eigenvalue weighted by Gasteiger charge is -2.21. The van der Waals surface area contributed by atoms with E-state index in [9.17, 15) is 9.00 Å². The first-order valence-corrected chi connectivity index (χ1v) is 11.1. The van der Waals surface area contributed by atoms with Crippen LogP contribution in [-0.4, -0.2) is 40.5 Å². The molecular weight excluding hydrogens is 348 g/mol. The van der Waals surface area contributed by atoms with Crippen molar-refractivity contribution < 1.29 is 9.00 Å². The summed E-state index contributed by atoms with van der Waals surface area (Å²) >= 11 is 0. The third-order valence-electron chi connectivity index (χ3n) is 5.96. The van der Waals surface area contributed by atoms with Crippen LogP contribution in [0.15, 0.2) is 10.4 Å². The number of rotatable bonds is 4. The second-order valence-electron chi connectivity index (χ2n) is 8.24. The van der Waals surface area contributed by atoms with Crippen molar-refractivity contribution in [3.05, 3.63) is 28.3 Å². The van der Waals surface area contributed by atoms with E-state index in [0.29, 0.717) is 6.54 Å². The maximum atomic E-state index is 13.0. The summed E-state index contributed by atoms with van der Waals surface area (Å²) in [6.07, 6.45) is 7.88. The summed E-state index contributed by atoms with van der Waals surface area (Å²) in [5.41, 5.74) is 6.11. The fourth-order valence-corrected chi connectivity index (χ4v) is 6.19. The highest BCUT2D eigenvalue weighted by Crippen LogP contribution is 2.44. The van der Waals surface area contributed by atoms with Gasteiger partial charge >= 0.3 is 6.03 Å². The predicted octanol–water partition coefficient (Wildman–Crippen LogP) is 2.63. The van der Waals surface area contributed by atoms with Gasteiger partial charge in [-0.05, 0) is 87.7 Å². The van der Waals surface area contributed by atoms with Crippen LogP contribution < -0.4 is 10.5 Å². The van der Waals surface area contributed by atoms with E-state index in [1.807, 2.05) is 19.0 Å². The lowest BCUT2D eigenvalue weighted by Crippen LogP contribution is -2.39. The van der Waals surface area contributed by atoms with Crippen LogP contribution in [0.25, 0.3) is 0 Å². The molecule has 26 heavy (non-hydrogen) atoms. The van der Waals surface area contributed by atoms with Crippen molar-refractivity contribution in [2.24, 2.45) is 9.50 Å². The molecule has 0 aliphatic heterocycles. The number of nitrogens with two attached hydrogens (primary N) is 1. The third kappa shape index (κ3) is 3.06. The van der Waals surface area contributed by atoms with E-state index in [0.717, 1.165) is 57.1 Å². The van der Waals surface area contributed by atoms with E-state index in [1.54, 1.807) is 0 Å². The fourth-order valence-electron chi connectivity index (χ4n) is 4.58. The van der Waals surface area contributed by atoms with Crippen molar-refractivity contribution in [3.8, 4) is 0 Å². The van der Waals surface area contributed by atoms with Gasteiger partial charge in [0.15, 0.2) is 0 Å². The zero-order valence-corrected chi connectivity index (χ0v) is 16.5. The molecule has 3 aliphatic carbocycles. The molecule has 142 valence electrons. The number of fused-ring (bicyclic) bond motifs is 2. The summed E-state index contributed by atoms with van der Waals surface area (Å²) in [5, 5.41) is 9.03. The van der Waals surface area contributed by atoms with Crippen LogP contribution in [0.1, 0.15) is 47.9 Å². The molecule has 0 radical (unpaired) electrons. The van der Waals surface area contributed by atoms with E-state index < -0.39 is 20.7 Å². The Labute approximate surface area is 155 Å². The minimum atomic E-state index is -3.07. The summed E-state index contributed by atoms with van der Waals surface area (Å²) in [7, 11) is 0.776. The molecule has 1 atom stereocenters. The number of benzene rings is 1. The summed E-state index contributed by atoms with van der Waals surface area (Å²) in [6, 6.07) is 1.76. The summed E-state index contributed by atoms with van der Waals surface area (Å²) < 4.78 is 16.4.